The van der Waals surface area contributed by atoms with E-state index in [1.807, 2.05) is 4.90 Å². The molecule has 1 aromatic rings. The highest BCUT2D eigenvalue weighted by atomic mass is 35.5. The van der Waals surface area contributed by atoms with E-state index in [1.165, 1.54) is 0 Å². The highest BCUT2D eigenvalue weighted by Gasteiger charge is 2.36. The average molecular weight is 369 g/mol. The van der Waals surface area contributed by atoms with Gasteiger partial charge in [-0.2, -0.15) is 0 Å². The molecule has 3 rings (SSSR count). The summed E-state index contributed by atoms with van der Waals surface area (Å²) in [4.78, 5) is 36.5. The van der Waals surface area contributed by atoms with Gasteiger partial charge in [-0.25, -0.2) is 19.7 Å². The first-order valence-corrected chi connectivity index (χ1v) is 8.58. The first-order chi connectivity index (χ1) is 11.8. The normalized spacial score (nSPS) is 18.2. The van der Waals surface area contributed by atoms with Crippen LogP contribution in [0.1, 0.15) is 36.8 Å². The second-order valence-electron chi connectivity index (χ2n) is 6.93. The number of anilines is 1. The van der Waals surface area contributed by atoms with Gasteiger partial charge in [0.1, 0.15) is 17.1 Å². The van der Waals surface area contributed by atoms with Crippen LogP contribution >= 0.6 is 11.6 Å². The number of carbonyl (C=O) groups is 2. The van der Waals surface area contributed by atoms with Crippen molar-refractivity contribution in [2.75, 3.05) is 37.7 Å². The van der Waals surface area contributed by atoms with Gasteiger partial charge in [0, 0.05) is 25.2 Å². The highest BCUT2D eigenvalue weighted by molar-refractivity contribution is 6.28. The summed E-state index contributed by atoms with van der Waals surface area (Å²) in [5, 5.41) is -0.0142. The Bertz CT molecular complexity index is 698. The molecule has 25 heavy (non-hydrogen) atoms. The third-order valence-electron chi connectivity index (χ3n) is 3.92. The maximum Gasteiger partial charge on any atom is 0.417 e. The predicted molar refractivity (Wildman–Crippen MR) is 91.0 cm³/mol. The van der Waals surface area contributed by atoms with Crippen molar-refractivity contribution in [3.8, 4) is 0 Å². The van der Waals surface area contributed by atoms with Gasteiger partial charge in [0.15, 0.2) is 0 Å². The number of carbonyl (C=O) groups excluding carboxylic acids is 2. The molecule has 1 saturated heterocycles. The van der Waals surface area contributed by atoms with E-state index in [0.29, 0.717) is 38.5 Å². The fourth-order valence-corrected chi connectivity index (χ4v) is 3.00. The van der Waals surface area contributed by atoms with Crippen LogP contribution in [0.4, 0.5) is 10.6 Å². The van der Waals surface area contributed by atoms with Crippen molar-refractivity contribution >= 4 is 29.4 Å². The lowest BCUT2D eigenvalue weighted by atomic mass is 10.0. The number of halogens is 1. The molecule has 3 heterocycles. The van der Waals surface area contributed by atoms with Crippen LogP contribution in [-0.2, 0) is 15.9 Å². The van der Waals surface area contributed by atoms with E-state index >= 15 is 0 Å². The van der Waals surface area contributed by atoms with Gasteiger partial charge in [0.05, 0.1) is 13.2 Å². The van der Waals surface area contributed by atoms with Crippen molar-refractivity contribution in [2.45, 2.75) is 32.8 Å². The molecular weight excluding hydrogens is 348 g/mol. The number of hydrogen-bond acceptors (Lipinski definition) is 7. The lowest BCUT2D eigenvalue weighted by molar-refractivity contribution is 0.0231. The molecule has 2 aliphatic heterocycles. The summed E-state index contributed by atoms with van der Waals surface area (Å²) in [6.45, 7) is 8.01. The molecule has 2 aliphatic rings. The highest BCUT2D eigenvalue weighted by Crippen LogP contribution is 2.29. The summed E-state index contributed by atoms with van der Waals surface area (Å²) >= 11 is 6.03. The van der Waals surface area contributed by atoms with E-state index in [0.717, 1.165) is 10.5 Å². The molecule has 0 N–H and O–H groups in total. The third kappa shape index (κ3) is 3.85. The van der Waals surface area contributed by atoms with Gasteiger partial charge >= 0.3 is 6.09 Å². The minimum Gasteiger partial charge on any atom is -0.443 e. The smallest absolute Gasteiger partial charge is 0.417 e. The zero-order valence-electron chi connectivity index (χ0n) is 14.5. The Labute approximate surface area is 151 Å². The molecule has 2 amide bonds. The Morgan fingerprint density at radius 1 is 1.20 bits per heavy atom. The number of amides is 2. The van der Waals surface area contributed by atoms with Crippen LogP contribution in [0.2, 0.25) is 5.28 Å². The second kappa shape index (κ2) is 6.76. The molecule has 1 fully saturated rings. The van der Waals surface area contributed by atoms with Crippen LogP contribution in [-0.4, -0.2) is 65.3 Å². The number of nitrogens with zero attached hydrogens (tertiary/aromatic N) is 4. The second-order valence-corrected chi connectivity index (χ2v) is 7.27. The molecule has 136 valence electrons. The van der Waals surface area contributed by atoms with E-state index in [2.05, 4.69) is 9.97 Å². The van der Waals surface area contributed by atoms with Gasteiger partial charge in [0.25, 0.3) is 5.91 Å². The largest absolute Gasteiger partial charge is 0.443 e. The number of rotatable bonds is 1. The maximum atomic E-state index is 12.8. The summed E-state index contributed by atoms with van der Waals surface area (Å²) in [6.07, 6.45) is -0.213. The topological polar surface area (TPSA) is 84.9 Å². The zero-order valence-corrected chi connectivity index (χ0v) is 15.3. The molecular formula is C16H21ClN4O4. The van der Waals surface area contributed by atoms with Gasteiger partial charge in [-0.15, -0.1) is 0 Å². The molecule has 0 bridgehead atoms. The van der Waals surface area contributed by atoms with E-state index in [9.17, 15) is 9.59 Å². The molecule has 0 atom stereocenters. The summed E-state index contributed by atoms with van der Waals surface area (Å²) in [7, 11) is 0. The van der Waals surface area contributed by atoms with Gasteiger partial charge < -0.3 is 14.4 Å². The Balaban J connectivity index is 1.91. The monoisotopic (exact) mass is 368 g/mol. The zero-order chi connectivity index (χ0) is 18.2. The quantitative estimate of drug-likeness (QED) is 0.700. The van der Waals surface area contributed by atoms with Crippen LogP contribution in [0.5, 0.6) is 0 Å². The molecule has 0 aromatic carbocycles. The minimum absolute atomic E-state index is 0.0142. The standard InChI is InChI=1S/C16H21ClN4O4/c1-16(2,3)25-15(23)21-5-4-10-11(13(21)22)18-14(17)19-12(10)20-6-8-24-9-7-20/h4-9H2,1-3H3. The van der Waals surface area contributed by atoms with Crippen LogP contribution in [0.25, 0.3) is 0 Å². The summed E-state index contributed by atoms with van der Waals surface area (Å²) < 4.78 is 10.7. The molecule has 1 aromatic heterocycles. The Morgan fingerprint density at radius 3 is 2.52 bits per heavy atom. The number of aromatic nitrogens is 2. The average Bonchev–Trinajstić information content (AvgIpc) is 2.54. The molecule has 9 heteroatoms. The Kier molecular flexibility index (Phi) is 4.83. The van der Waals surface area contributed by atoms with Crippen molar-refractivity contribution in [2.24, 2.45) is 0 Å². The molecule has 0 radical (unpaired) electrons. The SMILES string of the molecule is CC(C)(C)OC(=O)N1CCc2c(nc(Cl)nc2N2CCOCC2)C1=O. The first-order valence-electron chi connectivity index (χ1n) is 8.20. The summed E-state index contributed by atoms with van der Waals surface area (Å²) in [5.74, 6) is 0.143. The summed E-state index contributed by atoms with van der Waals surface area (Å²) in [5.41, 5.74) is 0.203. The van der Waals surface area contributed by atoms with Crippen molar-refractivity contribution in [1.29, 1.82) is 0 Å². The number of fused-ring (bicyclic) bond motifs is 1. The van der Waals surface area contributed by atoms with Crippen LogP contribution in [0.3, 0.4) is 0 Å². The minimum atomic E-state index is -0.681. The van der Waals surface area contributed by atoms with Crippen LogP contribution in [0.15, 0.2) is 0 Å². The maximum absolute atomic E-state index is 12.8. The van der Waals surface area contributed by atoms with Gasteiger partial charge in [-0.05, 0) is 38.8 Å². The molecule has 0 spiro atoms. The Morgan fingerprint density at radius 2 is 1.88 bits per heavy atom. The number of hydrogen-bond donors (Lipinski definition) is 0. The fourth-order valence-electron chi connectivity index (χ4n) is 2.83. The van der Waals surface area contributed by atoms with Crippen molar-refractivity contribution in [3.05, 3.63) is 16.5 Å². The molecule has 0 aliphatic carbocycles. The number of imide groups is 1. The lowest BCUT2D eigenvalue weighted by Crippen LogP contribution is -2.46. The van der Waals surface area contributed by atoms with E-state index in [4.69, 9.17) is 21.1 Å². The van der Waals surface area contributed by atoms with E-state index in [-0.39, 0.29) is 17.5 Å². The van der Waals surface area contributed by atoms with E-state index in [1.54, 1.807) is 20.8 Å². The molecule has 0 saturated carbocycles. The fraction of sp³-hybridized carbons (Fsp3) is 0.625. The van der Waals surface area contributed by atoms with Gasteiger partial charge in [-0.3, -0.25) is 4.79 Å². The first kappa shape index (κ1) is 17.9. The molecule has 8 nitrogen and oxygen atoms in total. The number of morpholine rings is 1. The lowest BCUT2D eigenvalue weighted by Gasteiger charge is -2.33. The number of ether oxygens (including phenoxy) is 2. The summed E-state index contributed by atoms with van der Waals surface area (Å²) in [6, 6.07) is 0. The van der Waals surface area contributed by atoms with Crippen molar-refractivity contribution < 1.29 is 19.1 Å². The Hall–Kier alpha value is -1.93. The van der Waals surface area contributed by atoms with E-state index < -0.39 is 17.6 Å². The third-order valence-corrected chi connectivity index (χ3v) is 4.08. The van der Waals surface area contributed by atoms with Crippen LogP contribution in [0, 0.1) is 0 Å². The molecule has 0 unspecified atom stereocenters. The van der Waals surface area contributed by atoms with Crippen LogP contribution < -0.4 is 4.90 Å². The van der Waals surface area contributed by atoms with Crippen molar-refractivity contribution in [3.63, 3.8) is 0 Å². The predicted octanol–water partition coefficient (Wildman–Crippen LogP) is 1.90. The van der Waals surface area contributed by atoms with Crippen molar-refractivity contribution in [1.82, 2.24) is 14.9 Å². The van der Waals surface area contributed by atoms with Gasteiger partial charge in [-0.1, -0.05) is 0 Å². The van der Waals surface area contributed by atoms with Gasteiger partial charge in [0.2, 0.25) is 5.28 Å².